The number of anilines is 1. The summed E-state index contributed by atoms with van der Waals surface area (Å²) in [5.74, 6) is 0.533. The van der Waals surface area contributed by atoms with E-state index in [1.165, 1.54) is 7.05 Å². The highest BCUT2D eigenvalue weighted by Crippen LogP contribution is 2.40. The van der Waals surface area contributed by atoms with Gasteiger partial charge in [0.25, 0.3) is 5.91 Å². The van der Waals surface area contributed by atoms with Crippen LogP contribution >= 0.6 is 0 Å². The molecule has 4 aromatic rings. The molecule has 6 rings (SSSR count). The Hall–Kier alpha value is -4.09. The van der Waals surface area contributed by atoms with E-state index in [-0.39, 0.29) is 23.8 Å². The molecule has 4 heterocycles. The minimum atomic E-state index is -4.54. The molecule has 9 nitrogen and oxygen atoms in total. The molecule has 0 atom stereocenters. The number of aromatic nitrogens is 5. The van der Waals surface area contributed by atoms with E-state index >= 15 is 0 Å². The summed E-state index contributed by atoms with van der Waals surface area (Å²) in [5.41, 5.74) is 3.45. The Morgan fingerprint density at radius 3 is 2.60 bits per heavy atom. The number of ether oxygens (including phenoxy) is 1. The van der Waals surface area contributed by atoms with Crippen LogP contribution in [0.4, 0.5) is 19.0 Å². The van der Waals surface area contributed by atoms with Gasteiger partial charge in [0, 0.05) is 56.0 Å². The lowest BCUT2D eigenvalue weighted by Gasteiger charge is -2.29. The Balaban J connectivity index is 1.29. The lowest BCUT2D eigenvalue weighted by atomic mass is 9.93. The first-order valence-electron chi connectivity index (χ1n) is 13.4. The zero-order valence-corrected chi connectivity index (χ0v) is 22.5. The molecule has 0 spiro atoms. The molecule has 1 aliphatic carbocycles. The predicted octanol–water partition coefficient (Wildman–Crippen LogP) is 5.43. The van der Waals surface area contributed by atoms with Gasteiger partial charge in [0.05, 0.1) is 23.9 Å². The molecule has 1 aromatic carbocycles. The Morgan fingerprint density at radius 1 is 1.10 bits per heavy atom. The van der Waals surface area contributed by atoms with Gasteiger partial charge in [0.1, 0.15) is 11.5 Å². The number of carbonyl (C=O) groups excluding carboxylic acids is 1. The number of nitrogens with zero attached hydrogens (tertiary/aromatic N) is 6. The Kier molecular flexibility index (Phi) is 6.42. The maximum Gasteiger partial charge on any atom is 0.436 e. The van der Waals surface area contributed by atoms with Crippen LogP contribution in [0.5, 0.6) is 5.75 Å². The number of benzene rings is 1. The SMILES string of the molecule is CCNc1cc2c(cn1)c(-c1ccc3c(c1)CN(C)C3=O)nn2[C@H]1CC[C@@H](Oc2cnn(C)c2C(F)(F)F)CC1. The van der Waals surface area contributed by atoms with Crippen molar-refractivity contribution in [3.8, 4) is 17.0 Å². The fourth-order valence-electron chi connectivity index (χ4n) is 5.83. The number of amides is 1. The normalized spacial score (nSPS) is 19.4. The highest BCUT2D eigenvalue weighted by molar-refractivity contribution is 6.00. The quantitative estimate of drug-likeness (QED) is 0.343. The smallest absolute Gasteiger partial charge is 0.436 e. The Labute approximate surface area is 228 Å². The van der Waals surface area contributed by atoms with Gasteiger partial charge in [-0.25, -0.2) is 4.98 Å². The largest absolute Gasteiger partial charge is 0.486 e. The van der Waals surface area contributed by atoms with E-state index in [1.54, 1.807) is 11.9 Å². The molecule has 2 aliphatic rings. The van der Waals surface area contributed by atoms with Crippen molar-refractivity contribution in [2.45, 2.75) is 57.5 Å². The average molecular weight is 554 g/mol. The lowest BCUT2D eigenvalue weighted by Crippen LogP contribution is -2.27. The van der Waals surface area contributed by atoms with Crippen molar-refractivity contribution in [3.05, 3.63) is 53.5 Å². The Bertz CT molecular complexity index is 1580. The van der Waals surface area contributed by atoms with Crippen molar-refractivity contribution in [2.75, 3.05) is 18.9 Å². The Morgan fingerprint density at radius 2 is 1.88 bits per heavy atom. The molecule has 1 aliphatic heterocycles. The van der Waals surface area contributed by atoms with Gasteiger partial charge in [-0.3, -0.25) is 14.2 Å². The van der Waals surface area contributed by atoms with Crippen molar-refractivity contribution >= 4 is 22.6 Å². The summed E-state index contributed by atoms with van der Waals surface area (Å²) in [5, 5.41) is 13.0. The summed E-state index contributed by atoms with van der Waals surface area (Å²) < 4.78 is 49.1. The second-order valence-corrected chi connectivity index (χ2v) is 10.5. The van der Waals surface area contributed by atoms with Crippen LogP contribution in [0.3, 0.4) is 0 Å². The topological polar surface area (TPSA) is 90.1 Å². The van der Waals surface area contributed by atoms with E-state index in [1.807, 2.05) is 42.1 Å². The number of rotatable bonds is 6. The molecule has 12 heteroatoms. The second kappa shape index (κ2) is 9.83. The molecular formula is C28H30F3N7O2. The third-order valence-corrected chi connectivity index (χ3v) is 7.77. The summed E-state index contributed by atoms with van der Waals surface area (Å²) in [6, 6.07) is 7.85. The van der Waals surface area contributed by atoms with Crippen LogP contribution in [0.1, 0.15) is 60.3 Å². The monoisotopic (exact) mass is 553 g/mol. The van der Waals surface area contributed by atoms with Crippen molar-refractivity contribution in [2.24, 2.45) is 7.05 Å². The summed E-state index contributed by atoms with van der Waals surface area (Å²) >= 11 is 0. The number of aryl methyl sites for hydroxylation is 1. The van der Waals surface area contributed by atoms with Crippen LogP contribution in [0.2, 0.25) is 0 Å². The fourth-order valence-corrected chi connectivity index (χ4v) is 5.83. The zero-order valence-electron chi connectivity index (χ0n) is 22.5. The van der Waals surface area contributed by atoms with Crippen LogP contribution in [0.25, 0.3) is 22.2 Å². The molecule has 1 N–H and O–H groups in total. The van der Waals surface area contributed by atoms with Crippen LogP contribution in [0, 0.1) is 0 Å². The highest BCUT2D eigenvalue weighted by Gasteiger charge is 2.39. The molecular weight excluding hydrogens is 523 g/mol. The number of pyridine rings is 1. The minimum absolute atomic E-state index is 0.0153. The number of hydrogen-bond acceptors (Lipinski definition) is 6. The van der Waals surface area contributed by atoms with Crippen LogP contribution in [-0.4, -0.2) is 55.0 Å². The summed E-state index contributed by atoms with van der Waals surface area (Å²) in [4.78, 5) is 18.7. The third kappa shape index (κ3) is 4.54. The molecule has 0 unspecified atom stereocenters. The van der Waals surface area contributed by atoms with E-state index in [0.29, 0.717) is 37.8 Å². The first-order chi connectivity index (χ1) is 19.1. The molecule has 1 fully saturated rings. The summed E-state index contributed by atoms with van der Waals surface area (Å²) in [6.45, 7) is 3.29. The first kappa shape index (κ1) is 26.1. The van der Waals surface area contributed by atoms with Crippen molar-refractivity contribution < 1.29 is 22.7 Å². The number of hydrogen-bond donors (Lipinski definition) is 1. The predicted molar refractivity (Wildman–Crippen MR) is 143 cm³/mol. The molecule has 3 aromatic heterocycles. The number of alkyl halides is 3. The standard InChI is InChI=1S/C28H30F3N7O2/c1-4-32-24-12-22-21(13-33-24)25(16-5-10-20-17(11-16)15-36(2)27(20)39)35-38(22)18-6-8-19(9-7-18)40-23-14-34-37(3)26(23)28(29,30)31/h5,10-14,18-19H,4,6-9,15H2,1-3H3,(H,32,33)/t18-,19+. The maximum atomic E-state index is 13.5. The fraction of sp³-hybridized carbons (Fsp3) is 0.429. The minimum Gasteiger partial charge on any atom is -0.486 e. The third-order valence-electron chi connectivity index (χ3n) is 7.77. The van der Waals surface area contributed by atoms with Gasteiger partial charge in [-0.15, -0.1) is 0 Å². The van der Waals surface area contributed by atoms with Crippen molar-refractivity contribution in [1.29, 1.82) is 0 Å². The van der Waals surface area contributed by atoms with Gasteiger partial charge in [-0.1, -0.05) is 6.07 Å². The molecule has 0 radical (unpaired) electrons. The van der Waals surface area contributed by atoms with E-state index in [4.69, 9.17) is 9.84 Å². The van der Waals surface area contributed by atoms with Gasteiger partial charge >= 0.3 is 6.18 Å². The van der Waals surface area contributed by atoms with Crippen LogP contribution < -0.4 is 10.1 Å². The molecule has 210 valence electrons. The van der Waals surface area contributed by atoms with Gasteiger partial charge < -0.3 is 15.0 Å². The summed E-state index contributed by atoms with van der Waals surface area (Å²) in [6.07, 6.45) is 0.660. The van der Waals surface area contributed by atoms with Crippen LogP contribution in [0.15, 0.2) is 36.7 Å². The molecule has 0 bridgehead atoms. The lowest BCUT2D eigenvalue weighted by molar-refractivity contribution is -0.145. The highest BCUT2D eigenvalue weighted by atomic mass is 19.4. The van der Waals surface area contributed by atoms with Gasteiger partial charge in [-0.2, -0.15) is 23.4 Å². The summed E-state index contributed by atoms with van der Waals surface area (Å²) in [7, 11) is 3.05. The van der Waals surface area contributed by atoms with Gasteiger partial charge in [0.15, 0.2) is 11.4 Å². The first-order valence-corrected chi connectivity index (χ1v) is 13.4. The van der Waals surface area contributed by atoms with Crippen molar-refractivity contribution in [1.82, 2.24) is 29.4 Å². The molecule has 40 heavy (non-hydrogen) atoms. The zero-order chi connectivity index (χ0) is 28.2. The van der Waals surface area contributed by atoms with Gasteiger partial charge in [-0.05, 0) is 50.3 Å². The van der Waals surface area contributed by atoms with E-state index in [2.05, 4.69) is 15.4 Å². The number of halogens is 3. The van der Waals surface area contributed by atoms with E-state index < -0.39 is 11.9 Å². The molecule has 0 saturated heterocycles. The van der Waals surface area contributed by atoms with Crippen LogP contribution in [-0.2, 0) is 19.8 Å². The molecule has 1 saturated carbocycles. The number of carbonyl (C=O) groups is 1. The number of fused-ring (bicyclic) bond motifs is 2. The van der Waals surface area contributed by atoms with E-state index in [9.17, 15) is 18.0 Å². The van der Waals surface area contributed by atoms with Gasteiger partial charge in [0.2, 0.25) is 0 Å². The van der Waals surface area contributed by atoms with E-state index in [0.717, 1.165) is 51.0 Å². The second-order valence-electron chi connectivity index (χ2n) is 10.5. The number of nitrogens with one attached hydrogen (secondary N) is 1. The van der Waals surface area contributed by atoms with Crippen molar-refractivity contribution in [3.63, 3.8) is 0 Å². The maximum absolute atomic E-state index is 13.5. The molecule has 1 amide bonds. The average Bonchev–Trinajstić information content (AvgIpc) is 3.57.